The SMILES string of the molecule is CC=N/C(=C\C)C(=O)NC(CN)c1ccccc1. The Morgan fingerprint density at radius 1 is 1.39 bits per heavy atom. The van der Waals surface area contributed by atoms with Crippen LogP contribution < -0.4 is 11.1 Å². The maximum Gasteiger partial charge on any atom is 0.270 e. The van der Waals surface area contributed by atoms with E-state index < -0.39 is 0 Å². The van der Waals surface area contributed by atoms with Gasteiger partial charge in [0.15, 0.2) is 0 Å². The minimum absolute atomic E-state index is 0.194. The van der Waals surface area contributed by atoms with Gasteiger partial charge in [-0.25, -0.2) is 0 Å². The summed E-state index contributed by atoms with van der Waals surface area (Å²) in [7, 11) is 0. The summed E-state index contributed by atoms with van der Waals surface area (Å²) >= 11 is 0. The maximum absolute atomic E-state index is 12.0. The summed E-state index contributed by atoms with van der Waals surface area (Å²) in [5, 5.41) is 2.87. The standard InChI is InChI=1S/C14H19N3O/c1-3-12(16-4-2)14(18)17-13(10-15)11-8-6-5-7-9-11/h3-9,13H,10,15H2,1-2H3,(H,17,18)/b12-3-,16-4?. The lowest BCUT2D eigenvalue weighted by Gasteiger charge is -2.17. The highest BCUT2D eigenvalue weighted by molar-refractivity contribution is 5.94. The normalized spacial score (nSPS) is 13.6. The zero-order valence-electron chi connectivity index (χ0n) is 10.8. The third kappa shape index (κ3) is 3.82. The number of benzene rings is 1. The van der Waals surface area contributed by atoms with Crippen LogP contribution in [0.4, 0.5) is 0 Å². The molecule has 18 heavy (non-hydrogen) atoms. The van der Waals surface area contributed by atoms with Gasteiger partial charge >= 0.3 is 0 Å². The number of allylic oxidation sites excluding steroid dienone is 1. The molecule has 0 saturated carbocycles. The molecule has 0 saturated heterocycles. The minimum atomic E-state index is -0.213. The molecule has 96 valence electrons. The first-order valence-electron chi connectivity index (χ1n) is 5.93. The van der Waals surface area contributed by atoms with E-state index >= 15 is 0 Å². The number of rotatable bonds is 5. The van der Waals surface area contributed by atoms with Gasteiger partial charge in [0.05, 0.1) is 6.04 Å². The van der Waals surface area contributed by atoms with Crippen molar-refractivity contribution in [3.8, 4) is 0 Å². The number of hydrogen-bond acceptors (Lipinski definition) is 3. The zero-order chi connectivity index (χ0) is 13.4. The van der Waals surface area contributed by atoms with Crippen molar-refractivity contribution in [2.45, 2.75) is 19.9 Å². The van der Waals surface area contributed by atoms with E-state index in [1.807, 2.05) is 30.3 Å². The molecule has 1 unspecified atom stereocenters. The Bertz CT molecular complexity index is 438. The molecule has 0 spiro atoms. The third-order valence-corrected chi connectivity index (χ3v) is 2.52. The molecule has 0 aliphatic heterocycles. The number of nitrogens with two attached hydrogens (primary N) is 1. The molecular weight excluding hydrogens is 226 g/mol. The van der Waals surface area contributed by atoms with Crippen LogP contribution in [0.2, 0.25) is 0 Å². The topological polar surface area (TPSA) is 67.5 Å². The zero-order valence-corrected chi connectivity index (χ0v) is 10.8. The van der Waals surface area contributed by atoms with Crippen molar-refractivity contribution in [2.24, 2.45) is 10.7 Å². The lowest BCUT2D eigenvalue weighted by atomic mass is 10.1. The van der Waals surface area contributed by atoms with Gasteiger partial charge in [0.2, 0.25) is 0 Å². The number of nitrogens with zero attached hydrogens (tertiary/aromatic N) is 1. The molecule has 1 aromatic rings. The highest BCUT2D eigenvalue weighted by Gasteiger charge is 2.14. The molecule has 1 rings (SSSR count). The Kier molecular flexibility index (Phi) is 5.80. The lowest BCUT2D eigenvalue weighted by molar-refractivity contribution is -0.118. The van der Waals surface area contributed by atoms with Crippen LogP contribution in [0.15, 0.2) is 47.1 Å². The predicted octanol–water partition coefficient (Wildman–Crippen LogP) is 1.80. The summed E-state index contributed by atoms with van der Waals surface area (Å²) in [6.45, 7) is 3.90. The molecule has 1 amide bonds. The molecule has 4 heteroatoms. The number of carbonyl (C=O) groups is 1. The molecule has 0 heterocycles. The molecule has 0 bridgehead atoms. The van der Waals surface area contributed by atoms with E-state index in [2.05, 4.69) is 10.3 Å². The molecular formula is C14H19N3O. The van der Waals surface area contributed by atoms with Crippen LogP contribution in [0.1, 0.15) is 25.5 Å². The van der Waals surface area contributed by atoms with Crippen LogP contribution in [0, 0.1) is 0 Å². The average molecular weight is 245 g/mol. The van der Waals surface area contributed by atoms with Gasteiger partial charge in [0.25, 0.3) is 5.91 Å². The van der Waals surface area contributed by atoms with Crippen molar-refractivity contribution in [2.75, 3.05) is 6.54 Å². The Balaban J connectivity index is 2.79. The van der Waals surface area contributed by atoms with Gasteiger partial charge in [-0.15, -0.1) is 0 Å². The van der Waals surface area contributed by atoms with Crippen LogP contribution in [0.3, 0.4) is 0 Å². The Morgan fingerprint density at radius 3 is 2.56 bits per heavy atom. The van der Waals surface area contributed by atoms with E-state index in [1.165, 1.54) is 0 Å². The first kappa shape index (κ1) is 14.1. The van der Waals surface area contributed by atoms with Crippen molar-refractivity contribution in [3.63, 3.8) is 0 Å². The van der Waals surface area contributed by atoms with Crippen molar-refractivity contribution in [1.29, 1.82) is 0 Å². The molecule has 0 fully saturated rings. The molecule has 0 aromatic heterocycles. The van der Waals surface area contributed by atoms with Gasteiger partial charge in [0.1, 0.15) is 5.70 Å². The summed E-state index contributed by atoms with van der Waals surface area (Å²) in [6, 6.07) is 9.46. The fourth-order valence-corrected chi connectivity index (χ4v) is 1.60. The molecule has 1 aromatic carbocycles. The Morgan fingerprint density at radius 2 is 2.06 bits per heavy atom. The van der Waals surface area contributed by atoms with E-state index in [1.54, 1.807) is 26.1 Å². The monoisotopic (exact) mass is 245 g/mol. The molecule has 0 aliphatic carbocycles. The Labute approximate surface area is 108 Å². The number of carbonyl (C=O) groups excluding carboxylic acids is 1. The minimum Gasteiger partial charge on any atom is -0.343 e. The fraction of sp³-hybridized carbons (Fsp3) is 0.286. The van der Waals surface area contributed by atoms with Crippen molar-refractivity contribution in [1.82, 2.24) is 5.32 Å². The highest BCUT2D eigenvalue weighted by Crippen LogP contribution is 2.11. The van der Waals surface area contributed by atoms with Crippen LogP contribution in [-0.2, 0) is 4.79 Å². The van der Waals surface area contributed by atoms with Crippen LogP contribution in [0.25, 0.3) is 0 Å². The number of amides is 1. The molecule has 4 nitrogen and oxygen atoms in total. The van der Waals surface area contributed by atoms with Crippen LogP contribution in [0.5, 0.6) is 0 Å². The van der Waals surface area contributed by atoms with E-state index in [4.69, 9.17) is 5.73 Å². The summed E-state index contributed by atoms with van der Waals surface area (Å²) in [5.74, 6) is -0.213. The van der Waals surface area contributed by atoms with Gasteiger partial charge in [-0.05, 0) is 19.4 Å². The summed E-state index contributed by atoms with van der Waals surface area (Å²) in [4.78, 5) is 16.0. The second-order valence-electron chi connectivity index (χ2n) is 3.73. The summed E-state index contributed by atoms with van der Waals surface area (Å²) in [6.07, 6.45) is 3.27. The fourth-order valence-electron chi connectivity index (χ4n) is 1.60. The van der Waals surface area contributed by atoms with Crippen molar-refractivity contribution < 1.29 is 4.79 Å². The largest absolute Gasteiger partial charge is 0.343 e. The van der Waals surface area contributed by atoms with Crippen LogP contribution >= 0.6 is 0 Å². The predicted molar refractivity (Wildman–Crippen MR) is 74.3 cm³/mol. The number of nitrogens with one attached hydrogen (secondary N) is 1. The van der Waals surface area contributed by atoms with Gasteiger partial charge < -0.3 is 11.1 Å². The average Bonchev–Trinajstić information content (AvgIpc) is 2.42. The molecule has 0 aliphatic rings. The second-order valence-corrected chi connectivity index (χ2v) is 3.73. The molecule has 3 N–H and O–H groups in total. The van der Waals surface area contributed by atoms with Crippen LogP contribution in [-0.4, -0.2) is 18.7 Å². The first-order chi connectivity index (χ1) is 8.72. The molecule has 1 atom stereocenters. The van der Waals surface area contributed by atoms with Gasteiger partial charge in [-0.3, -0.25) is 9.79 Å². The first-order valence-corrected chi connectivity index (χ1v) is 5.93. The number of aliphatic imine (C=N–C) groups is 1. The quantitative estimate of drug-likeness (QED) is 0.613. The van der Waals surface area contributed by atoms with E-state index in [0.29, 0.717) is 12.2 Å². The summed E-state index contributed by atoms with van der Waals surface area (Å²) < 4.78 is 0. The van der Waals surface area contributed by atoms with E-state index in [0.717, 1.165) is 5.56 Å². The van der Waals surface area contributed by atoms with Crippen molar-refractivity contribution in [3.05, 3.63) is 47.7 Å². The highest BCUT2D eigenvalue weighted by atomic mass is 16.2. The van der Waals surface area contributed by atoms with Gasteiger partial charge in [0, 0.05) is 12.8 Å². The smallest absolute Gasteiger partial charge is 0.270 e. The Hall–Kier alpha value is -1.94. The second kappa shape index (κ2) is 7.40. The summed E-state index contributed by atoms with van der Waals surface area (Å²) in [5.41, 5.74) is 7.08. The third-order valence-electron chi connectivity index (χ3n) is 2.52. The van der Waals surface area contributed by atoms with Gasteiger partial charge in [-0.1, -0.05) is 36.4 Å². The van der Waals surface area contributed by atoms with E-state index in [-0.39, 0.29) is 11.9 Å². The van der Waals surface area contributed by atoms with Crippen molar-refractivity contribution >= 4 is 12.1 Å². The lowest BCUT2D eigenvalue weighted by Crippen LogP contribution is -2.34. The maximum atomic E-state index is 12.0. The number of hydrogen-bond donors (Lipinski definition) is 2. The van der Waals surface area contributed by atoms with Gasteiger partial charge in [-0.2, -0.15) is 0 Å². The molecule has 0 radical (unpaired) electrons. The van der Waals surface area contributed by atoms with E-state index in [9.17, 15) is 4.79 Å².